The topological polar surface area (TPSA) is 94.0 Å². The van der Waals surface area contributed by atoms with Gasteiger partial charge in [-0.15, -0.1) is 23.7 Å². The predicted molar refractivity (Wildman–Crippen MR) is 98.3 cm³/mol. The smallest absolute Gasteiger partial charge is 0.226 e. The van der Waals surface area contributed by atoms with Crippen molar-refractivity contribution in [2.45, 2.75) is 51.5 Å². The van der Waals surface area contributed by atoms with E-state index < -0.39 is 0 Å². The van der Waals surface area contributed by atoms with Crippen molar-refractivity contribution in [1.29, 1.82) is 0 Å². The molecule has 2 rings (SSSR count). The summed E-state index contributed by atoms with van der Waals surface area (Å²) in [6.45, 7) is 2.61. The lowest BCUT2D eigenvalue weighted by molar-refractivity contribution is -0.121. The monoisotopic (exact) mass is 372 g/mol. The van der Waals surface area contributed by atoms with E-state index in [0.717, 1.165) is 24.1 Å². The molecule has 0 aliphatic heterocycles. The number of hydrogen-bond donors (Lipinski definition) is 2. The molecule has 1 atom stereocenters. The van der Waals surface area contributed by atoms with Crippen molar-refractivity contribution in [3.05, 3.63) is 23.4 Å². The summed E-state index contributed by atoms with van der Waals surface area (Å²) in [7, 11) is 0. The molecule has 0 saturated carbocycles. The number of nitrogens with one attached hydrogen (secondary N) is 1. The van der Waals surface area contributed by atoms with E-state index in [1.165, 1.54) is 0 Å². The van der Waals surface area contributed by atoms with Crippen molar-refractivity contribution < 1.29 is 9.32 Å². The minimum absolute atomic E-state index is 0. The van der Waals surface area contributed by atoms with Crippen molar-refractivity contribution in [2.75, 3.05) is 6.54 Å². The number of hydrogen-bond acceptors (Lipinski definition) is 6. The van der Waals surface area contributed by atoms with Gasteiger partial charge in [0.2, 0.25) is 17.6 Å². The molecule has 0 saturated heterocycles. The Balaban J connectivity index is 0.00000288. The molecule has 0 aromatic carbocycles. The van der Waals surface area contributed by atoms with Crippen LogP contribution < -0.4 is 11.1 Å². The number of aryl methyl sites for hydroxylation is 1. The van der Waals surface area contributed by atoms with E-state index in [0.29, 0.717) is 37.5 Å². The number of carbonyl (C=O) groups is 1. The van der Waals surface area contributed by atoms with Gasteiger partial charge in [0.05, 0.1) is 4.88 Å². The van der Waals surface area contributed by atoms with Gasteiger partial charge in [0.15, 0.2) is 0 Å². The molecule has 1 unspecified atom stereocenters. The highest BCUT2D eigenvalue weighted by molar-refractivity contribution is 7.13. The number of amides is 1. The van der Waals surface area contributed by atoms with Crippen LogP contribution in [0, 0.1) is 0 Å². The number of unbranched alkanes of at least 4 members (excludes halogenated alkanes) is 1. The molecule has 0 aliphatic carbocycles. The Hall–Kier alpha value is -1.44. The largest absolute Gasteiger partial charge is 0.352 e. The van der Waals surface area contributed by atoms with Gasteiger partial charge in [-0.3, -0.25) is 4.79 Å². The molecule has 0 spiro atoms. The Morgan fingerprint density at radius 3 is 2.96 bits per heavy atom. The Morgan fingerprint density at radius 2 is 2.29 bits per heavy atom. The van der Waals surface area contributed by atoms with Gasteiger partial charge in [-0.05, 0) is 24.3 Å². The quantitative estimate of drug-likeness (QED) is 0.668. The van der Waals surface area contributed by atoms with Gasteiger partial charge in [-0.25, -0.2) is 0 Å². The van der Waals surface area contributed by atoms with Gasteiger partial charge < -0.3 is 15.6 Å². The molecular weight excluding hydrogens is 348 g/mol. The van der Waals surface area contributed by atoms with Crippen LogP contribution in [0.1, 0.15) is 44.9 Å². The van der Waals surface area contributed by atoms with E-state index in [1.807, 2.05) is 17.5 Å². The fourth-order valence-electron chi connectivity index (χ4n) is 2.26. The summed E-state index contributed by atoms with van der Waals surface area (Å²) < 4.78 is 5.22. The van der Waals surface area contributed by atoms with Crippen LogP contribution in [-0.4, -0.2) is 28.6 Å². The molecule has 6 nitrogen and oxygen atoms in total. The van der Waals surface area contributed by atoms with Gasteiger partial charge in [0, 0.05) is 25.4 Å². The predicted octanol–water partition coefficient (Wildman–Crippen LogP) is 3.18. The van der Waals surface area contributed by atoms with Crippen LogP contribution in [0.4, 0.5) is 0 Å². The van der Waals surface area contributed by atoms with Crippen molar-refractivity contribution in [3.63, 3.8) is 0 Å². The second kappa shape index (κ2) is 11.2. The van der Waals surface area contributed by atoms with E-state index in [-0.39, 0.29) is 24.4 Å². The molecule has 24 heavy (non-hydrogen) atoms. The maximum absolute atomic E-state index is 11.9. The van der Waals surface area contributed by atoms with E-state index in [2.05, 4.69) is 22.4 Å². The third-order valence-corrected chi connectivity index (χ3v) is 4.43. The summed E-state index contributed by atoms with van der Waals surface area (Å²) in [5.41, 5.74) is 5.68. The molecule has 1 amide bonds. The average molecular weight is 373 g/mol. The second-order valence-corrected chi connectivity index (χ2v) is 6.43. The molecule has 0 aliphatic rings. The zero-order chi connectivity index (χ0) is 16.5. The normalized spacial score (nSPS) is 11.8. The van der Waals surface area contributed by atoms with E-state index >= 15 is 0 Å². The lowest BCUT2D eigenvalue weighted by Gasteiger charge is -2.16. The second-order valence-electron chi connectivity index (χ2n) is 5.48. The highest BCUT2D eigenvalue weighted by Gasteiger charge is 2.12. The van der Waals surface area contributed by atoms with Crippen LogP contribution in [-0.2, 0) is 11.2 Å². The van der Waals surface area contributed by atoms with Gasteiger partial charge in [0.1, 0.15) is 0 Å². The zero-order valence-corrected chi connectivity index (χ0v) is 15.5. The number of halogens is 1. The summed E-state index contributed by atoms with van der Waals surface area (Å²) in [5.74, 6) is 1.22. The number of nitrogens with two attached hydrogens (primary N) is 1. The van der Waals surface area contributed by atoms with E-state index in [4.69, 9.17) is 10.3 Å². The molecule has 0 bridgehead atoms. The first-order chi connectivity index (χ1) is 11.2. The maximum atomic E-state index is 11.9. The molecule has 0 radical (unpaired) electrons. The summed E-state index contributed by atoms with van der Waals surface area (Å²) >= 11 is 1.57. The van der Waals surface area contributed by atoms with Crippen LogP contribution in [0.15, 0.2) is 22.0 Å². The molecule has 8 heteroatoms. The SMILES string of the molecule is CCCCC(CN)NC(=O)CCCc1nc(-c2cccs2)no1.Cl. The Kier molecular flexibility index (Phi) is 9.59. The van der Waals surface area contributed by atoms with Crippen molar-refractivity contribution >= 4 is 29.7 Å². The van der Waals surface area contributed by atoms with Gasteiger partial charge in [0.25, 0.3) is 0 Å². The number of nitrogens with zero attached hydrogens (tertiary/aromatic N) is 2. The highest BCUT2D eigenvalue weighted by atomic mass is 35.5. The fraction of sp³-hybridized carbons (Fsp3) is 0.562. The van der Waals surface area contributed by atoms with Crippen LogP contribution in [0.25, 0.3) is 10.7 Å². The van der Waals surface area contributed by atoms with Crippen molar-refractivity contribution in [3.8, 4) is 10.7 Å². The van der Waals surface area contributed by atoms with Crippen LogP contribution in [0.2, 0.25) is 0 Å². The first-order valence-corrected chi connectivity index (χ1v) is 8.96. The lowest BCUT2D eigenvalue weighted by atomic mass is 10.1. The average Bonchev–Trinajstić information content (AvgIpc) is 3.22. The third kappa shape index (κ3) is 6.59. The maximum Gasteiger partial charge on any atom is 0.226 e. The van der Waals surface area contributed by atoms with Crippen molar-refractivity contribution in [1.82, 2.24) is 15.5 Å². The standard InChI is InChI=1S/C16H24N4O2S.ClH/c1-2-3-6-12(11-17)18-14(21)8-4-9-15-19-16(20-22-15)13-7-5-10-23-13;/h5,7,10,12H,2-4,6,8-9,11,17H2,1H3,(H,18,21);1H. The van der Waals surface area contributed by atoms with Crippen molar-refractivity contribution in [2.24, 2.45) is 5.73 Å². The summed E-state index contributed by atoms with van der Waals surface area (Å²) in [5, 5.41) is 8.92. The Bertz CT molecular complexity index is 589. The molecule has 3 N–H and O–H groups in total. The highest BCUT2D eigenvalue weighted by Crippen LogP contribution is 2.21. The number of thiophene rings is 1. The molecule has 2 aromatic rings. The van der Waals surface area contributed by atoms with E-state index in [9.17, 15) is 4.79 Å². The first-order valence-electron chi connectivity index (χ1n) is 8.08. The Labute approximate surface area is 152 Å². The zero-order valence-electron chi connectivity index (χ0n) is 13.9. The third-order valence-electron chi connectivity index (χ3n) is 3.56. The van der Waals surface area contributed by atoms with Crippen LogP contribution in [0.3, 0.4) is 0 Å². The van der Waals surface area contributed by atoms with E-state index in [1.54, 1.807) is 11.3 Å². The molecular formula is C16H25ClN4O2S. The molecule has 2 heterocycles. The Morgan fingerprint density at radius 1 is 1.46 bits per heavy atom. The summed E-state index contributed by atoms with van der Waals surface area (Å²) in [6.07, 6.45) is 4.86. The number of aromatic nitrogens is 2. The number of rotatable bonds is 10. The van der Waals surface area contributed by atoms with Gasteiger partial charge in [-0.1, -0.05) is 31.0 Å². The summed E-state index contributed by atoms with van der Waals surface area (Å²) in [6, 6.07) is 3.99. The van der Waals surface area contributed by atoms with Crippen LogP contribution >= 0.6 is 23.7 Å². The minimum atomic E-state index is 0. The summed E-state index contributed by atoms with van der Waals surface area (Å²) in [4.78, 5) is 17.3. The van der Waals surface area contributed by atoms with Crippen LogP contribution in [0.5, 0.6) is 0 Å². The minimum Gasteiger partial charge on any atom is -0.352 e. The number of carbonyl (C=O) groups excluding carboxylic acids is 1. The fourth-order valence-corrected chi connectivity index (χ4v) is 2.91. The molecule has 0 fully saturated rings. The molecule has 2 aromatic heterocycles. The van der Waals surface area contributed by atoms with Gasteiger partial charge >= 0.3 is 0 Å². The molecule has 134 valence electrons. The lowest BCUT2D eigenvalue weighted by Crippen LogP contribution is -2.40. The van der Waals surface area contributed by atoms with Gasteiger partial charge in [-0.2, -0.15) is 4.98 Å². The first kappa shape index (κ1) is 20.6.